The molecule has 0 radical (unpaired) electrons. The van der Waals surface area contributed by atoms with Crippen LogP contribution in [0.15, 0.2) is 0 Å². The van der Waals surface area contributed by atoms with Crippen molar-refractivity contribution in [3.05, 3.63) is 10.7 Å². The summed E-state index contributed by atoms with van der Waals surface area (Å²) in [4.78, 5) is 4.88. The molecule has 18 heavy (non-hydrogen) atoms. The number of hydrogen-bond donors (Lipinski definition) is 0. The Hall–Kier alpha value is -0.830. The van der Waals surface area contributed by atoms with E-state index in [2.05, 4.69) is 20.2 Å². The first kappa shape index (κ1) is 12.2. The molecule has 3 rings (SSSR count). The number of hydrogen-bond acceptors (Lipinski definition) is 5. The molecule has 0 aromatic carbocycles. The highest BCUT2D eigenvalue weighted by Gasteiger charge is 2.30. The van der Waals surface area contributed by atoms with Crippen LogP contribution in [0.3, 0.4) is 0 Å². The summed E-state index contributed by atoms with van der Waals surface area (Å²) in [5, 5.41) is 10.5. The van der Waals surface area contributed by atoms with Gasteiger partial charge >= 0.3 is 0 Å². The molecule has 1 atom stereocenters. The predicted molar refractivity (Wildman–Crippen MR) is 73.3 cm³/mol. The molecule has 96 valence electrons. The highest BCUT2D eigenvalue weighted by molar-refractivity contribution is 7.10. The van der Waals surface area contributed by atoms with Crippen molar-refractivity contribution in [2.45, 2.75) is 25.3 Å². The smallest absolute Gasteiger partial charge is 0.162 e. The maximum atomic E-state index is 9.17. The van der Waals surface area contributed by atoms with Crippen LogP contribution in [0, 0.1) is 11.3 Å². The molecular weight excluding hydrogens is 268 g/mol. The lowest BCUT2D eigenvalue weighted by Crippen LogP contribution is -2.36. The summed E-state index contributed by atoms with van der Waals surface area (Å²) in [5.41, 5.74) is 0.549. The summed E-state index contributed by atoms with van der Waals surface area (Å²) in [5.74, 6) is 0. The summed E-state index contributed by atoms with van der Waals surface area (Å²) < 4.78 is 4.11. The van der Waals surface area contributed by atoms with E-state index in [0.717, 1.165) is 24.5 Å². The highest BCUT2D eigenvalue weighted by atomic mass is 35.5. The van der Waals surface area contributed by atoms with Crippen LogP contribution in [0.2, 0.25) is 5.15 Å². The lowest BCUT2D eigenvalue weighted by atomic mass is 10.2. The Morgan fingerprint density at radius 2 is 2.17 bits per heavy atom. The normalized spacial score (nSPS) is 24.7. The molecule has 2 aliphatic rings. The lowest BCUT2D eigenvalue weighted by Gasteiger charge is -2.25. The number of aromatic nitrogens is 1. The number of nitrogens with zero attached hydrogens (tertiary/aromatic N) is 4. The molecule has 3 heterocycles. The Labute approximate surface area is 116 Å². The second kappa shape index (κ2) is 5.04. The van der Waals surface area contributed by atoms with Gasteiger partial charge in [-0.15, -0.1) is 0 Å². The fourth-order valence-electron chi connectivity index (χ4n) is 2.96. The zero-order valence-corrected chi connectivity index (χ0v) is 11.7. The van der Waals surface area contributed by atoms with Gasteiger partial charge < -0.3 is 4.90 Å². The second-order valence-corrected chi connectivity index (χ2v) is 6.01. The lowest BCUT2D eigenvalue weighted by molar-refractivity contribution is 0.273. The molecule has 0 spiro atoms. The van der Waals surface area contributed by atoms with E-state index >= 15 is 0 Å². The van der Waals surface area contributed by atoms with Crippen molar-refractivity contribution in [2.24, 2.45) is 0 Å². The minimum atomic E-state index is 0.352. The van der Waals surface area contributed by atoms with Gasteiger partial charge in [0.1, 0.15) is 16.6 Å². The first-order valence-corrected chi connectivity index (χ1v) is 7.49. The van der Waals surface area contributed by atoms with E-state index in [-0.39, 0.29) is 0 Å². The second-order valence-electron chi connectivity index (χ2n) is 4.90. The maximum Gasteiger partial charge on any atom is 0.162 e. The largest absolute Gasteiger partial charge is 0.359 e. The minimum Gasteiger partial charge on any atom is -0.359 e. The predicted octanol–water partition coefficient (Wildman–Crippen LogP) is 2.34. The molecule has 1 aromatic rings. The Kier molecular flexibility index (Phi) is 3.42. The topological polar surface area (TPSA) is 43.2 Å². The van der Waals surface area contributed by atoms with Crippen LogP contribution in [0.25, 0.3) is 0 Å². The van der Waals surface area contributed by atoms with Gasteiger partial charge in [0.15, 0.2) is 5.15 Å². The van der Waals surface area contributed by atoms with Crippen LogP contribution < -0.4 is 4.90 Å². The van der Waals surface area contributed by atoms with Crippen LogP contribution in [-0.2, 0) is 0 Å². The zero-order valence-electron chi connectivity index (χ0n) is 10.1. The van der Waals surface area contributed by atoms with Crippen LogP contribution in [0.1, 0.15) is 24.8 Å². The van der Waals surface area contributed by atoms with E-state index in [1.165, 1.54) is 37.5 Å². The van der Waals surface area contributed by atoms with Gasteiger partial charge in [0.05, 0.1) is 0 Å². The molecular formula is C12H15ClN4S. The number of rotatable bonds is 1. The fourth-order valence-corrected chi connectivity index (χ4v) is 4.03. The third-order valence-corrected chi connectivity index (χ3v) is 5.12. The summed E-state index contributed by atoms with van der Waals surface area (Å²) in [6.07, 6.45) is 3.72. The quantitative estimate of drug-likeness (QED) is 0.793. The summed E-state index contributed by atoms with van der Waals surface area (Å²) >= 11 is 7.31. The molecule has 0 aliphatic carbocycles. The molecule has 0 amide bonds. The molecule has 6 heteroatoms. The molecule has 4 nitrogen and oxygen atoms in total. The average molecular weight is 283 g/mol. The van der Waals surface area contributed by atoms with Gasteiger partial charge in [-0.2, -0.15) is 9.64 Å². The minimum absolute atomic E-state index is 0.352. The molecule has 0 N–H and O–H groups in total. The molecule has 2 saturated heterocycles. The van der Waals surface area contributed by atoms with Gasteiger partial charge in [-0.1, -0.05) is 11.6 Å². The monoisotopic (exact) mass is 282 g/mol. The van der Waals surface area contributed by atoms with Crippen molar-refractivity contribution < 1.29 is 0 Å². The summed E-state index contributed by atoms with van der Waals surface area (Å²) in [6, 6.07) is 2.82. The van der Waals surface area contributed by atoms with Crippen molar-refractivity contribution in [2.75, 3.05) is 31.1 Å². The van der Waals surface area contributed by atoms with E-state index in [1.807, 2.05) is 0 Å². The van der Waals surface area contributed by atoms with Gasteiger partial charge in [0.2, 0.25) is 0 Å². The Morgan fingerprint density at radius 3 is 3.00 bits per heavy atom. The zero-order chi connectivity index (χ0) is 12.5. The van der Waals surface area contributed by atoms with Crippen molar-refractivity contribution in [1.29, 1.82) is 5.26 Å². The third-order valence-electron chi connectivity index (χ3n) is 3.84. The number of fused-ring (bicyclic) bond motifs is 1. The molecule has 0 saturated carbocycles. The maximum absolute atomic E-state index is 9.17. The Balaban J connectivity index is 1.85. The van der Waals surface area contributed by atoms with Crippen LogP contribution in [0.4, 0.5) is 5.00 Å². The van der Waals surface area contributed by atoms with E-state index in [4.69, 9.17) is 11.6 Å². The fraction of sp³-hybridized carbons (Fsp3) is 0.667. The number of anilines is 1. The Bertz CT molecular complexity index is 481. The Morgan fingerprint density at radius 1 is 1.33 bits per heavy atom. The van der Waals surface area contributed by atoms with Crippen molar-refractivity contribution in [3.8, 4) is 6.07 Å². The van der Waals surface area contributed by atoms with Crippen LogP contribution in [-0.4, -0.2) is 41.5 Å². The van der Waals surface area contributed by atoms with Crippen molar-refractivity contribution in [1.82, 2.24) is 9.27 Å². The number of halogens is 1. The number of nitriles is 1. The first-order chi connectivity index (χ1) is 8.79. The SMILES string of the molecule is N#Cc1c(Cl)nsc1N1CCCN2CCCC2C1. The molecule has 1 aromatic heterocycles. The standard InChI is InChI=1S/C12H15ClN4S/c13-11-10(7-14)12(18-15-11)17-6-2-5-16-4-1-3-9(16)8-17/h9H,1-6,8H2. The average Bonchev–Trinajstić information content (AvgIpc) is 2.90. The van der Waals surface area contributed by atoms with Gasteiger partial charge in [-0.05, 0) is 37.3 Å². The van der Waals surface area contributed by atoms with Gasteiger partial charge in [0, 0.05) is 25.7 Å². The van der Waals surface area contributed by atoms with Gasteiger partial charge in [-0.25, -0.2) is 0 Å². The molecule has 2 aliphatic heterocycles. The van der Waals surface area contributed by atoms with Crippen molar-refractivity contribution in [3.63, 3.8) is 0 Å². The molecule has 2 fully saturated rings. The van der Waals surface area contributed by atoms with Crippen LogP contribution >= 0.6 is 23.1 Å². The van der Waals surface area contributed by atoms with Gasteiger partial charge in [-0.3, -0.25) is 4.90 Å². The van der Waals surface area contributed by atoms with Crippen molar-refractivity contribution >= 4 is 28.1 Å². The summed E-state index contributed by atoms with van der Waals surface area (Å²) in [6.45, 7) is 4.41. The summed E-state index contributed by atoms with van der Waals surface area (Å²) in [7, 11) is 0. The highest BCUT2D eigenvalue weighted by Crippen LogP contribution is 2.33. The van der Waals surface area contributed by atoms with E-state index in [0.29, 0.717) is 16.8 Å². The third kappa shape index (κ3) is 2.09. The van der Waals surface area contributed by atoms with E-state index in [1.54, 1.807) is 0 Å². The van der Waals surface area contributed by atoms with E-state index in [9.17, 15) is 5.26 Å². The molecule has 1 unspecified atom stereocenters. The molecule has 0 bridgehead atoms. The van der Waals surface area contributed by atoms with Gasteiger partial charge in [0.25, 0.3) is 0 Å². The van der Waals surface area contributed by atoms with E-state index < -0.39 is 0 Å². The first-order valence-electron chi connectivity index (χ1n) is 6.34. The van der Waals surface area contributed by atoms with Crippen LogP contribution in [0.5, 0.6) is 0 Å².